The highest BCUT2D eigenvalue weighted by atomic mass is 19.1. The Balaban J connectivity index is 1.60. The largest absolute Gasteiger partial charge is 0.376 e. The third kappa shape index (κ3) is 2.95. The van der Waals surface area contributed by atoms with Gasteiger partial charge in [-0.05, 0) is 29.8 Å². The van der Waals surface area contributed by atoms with Crippen molar-refractivity contribution in [2.45, 2.75) is 12.5 Å². The van der Waals surface area contributed by atoms with Gasteiger partial charge in [-0.1, -0.05) is 48.5 Å². The van der Waals surface area contributed by atoms with Crippen molar-refractivity contribution in [1.82, 2.24) is 0 Å². The number of carbonyl (C=O) groups is 2. The van der Waals surface area contributed by atoms with E-state index < -0.39 is 5.92 Å². The molecule has 0 fully saturated rings. The Morgan fingerprint density at radius 2 is 1.45 bits per heavy atom. The molecule has 1 aliphatic heterocycles. The van der Waals surface area contributed by atoms with Crippen molar-refractivity contribution in [3.05, 3.63) is 95.3 Å². The van der Waals surface area contributed by atoms with E-state index in [-0.39, 0.29) is 23.4 Å². The second-order valence-corrected chi connectivity index (χ2v) is 7.28. The van der Waals surface area contributed by atoms with Crippen LogP contribution < -0.4 is 5.32 Å². The number of nitrogens with one attached hydrogen (secondary N) is 1. The Bertz CT molecular complexity index is 1130. The van der Waals surface area contributed by atoms with Crippen molar-refractivity contribution in [2.24, 2.45) is 10.9 Å². The lowest BCUT2D eigenvalue weighted by molar-refractivity contribution is 0.0882. The molecule has 3 aromatic rings. The number of fused-ring (bicyclic) bond motifs is 2. The summed E-state index contributed by atoms with van der Waals surface area (Å²) in [6.45, 7) is 0. The average molecular weight is 384 g/mol. The zero-order valence-electron chi connectivity index (χ0n) is 15.4. The molecule has 1 atom stereocenters. The Morgan fingerprint density at radius 1 is 0.828 bits per heavy atom. The van der Waals surface area contributed by atoms with Gasteiger partial charge in [0.2, 0.25) is 0 Å². The van der Waals surface area contributed by atoms with Gasteiger partial charge in [0, 0.05) is 23.3 Å². The van der Waals surface area contributed by atoms with E-state index in [1.165, 1.54) is 12.1 Å². The number of carbonyl (C=O) groups excluding carboxylic acids is 2. The topological polar surface area (TPSA) is 58.5 Å². The summed E-state index contributed by atoms with van der Waals surface area (Å²) in [7, 11) is 0. The van der Waals surface area contributed by atoms with Crippen LogP contribution in [0.3, 0.4) is 0 Å². The van der Waals surface area contributed by atoms with Gasteiger partial charge in [-0.2, -0.15) is 0 Å². The van der Waals surface area contributed by atoms with E-state index in [1.54, 1.807) is 36.4 Å². The molecule has 5 heteroatoms. The van der Waals surface area contributed by atoms with E-state index in [4.69, 9.17) is 4.99 Å². The summed E-state index contributed by atoms with van der Waals surface area (Å²) in [5.41, 5.74) is 3.80. The molecule has 0 saturated heterocycles. The van der Waals surface area contributed by atoms with E-state index >= 15 is 0 Å². The van der Waals surface area contributed by atoms with Crippen LogP contribution in [0.2, 0.25) is 0 Å². The SMILES string of the molecule is O=C1c2ccccc2C(=O)C1C1=Nc2ccccc2N[C@H](c2ccc(F)cc2)C1. The minimum atomic E-state index is -0.914. The fourth-order valence-corrected chi connectivity index (χ4v) is 4.07. The van der Waals surface area contributed by atoms with Gasteiger partial charge in [0.05, 0.1) is 17.4 Å². The predicted octanol–water partition coefficient (Wildman–Crippen LogP) is 5.15. The molecule has 1 N–H and O–H groups in total. The molecular formula is C24H17FN2O2. The highest BCUT2D eigenvalue weighted by Crippen LogP contribution is 2.38. The fraction of sp³-hybridized carbons (Fsp3) is 0.125. The van der Waals surface area contributed by atoms with Crippen molar-refractivity contribution in [2.75, 3.05) is 5.32 Å². The third-order valence-electron chi connectivity index (χ3n) is 5.50. The zero-order chi connectivity index (χ0) is 20.0. The van der Waals surface area contributed by atoms with E-state index in [9.17, 15) is 14.0 Å². The minimum Gasteiger partial charge on any atom is -0.376 e. The second-order valence-electron chi connectivity index (χ2n) is 7.28. The molecule has 0 aromatic heterocycles. The summed E-state index contributed by atoms with van der Waals surface area (Å²) < 4.78 is 13.4. The van der Waals surface area contributed by atoms with Crippen LogP contribution in [0.15, 0.2) is 77.8 Å². The first-order valence-corrected chi connectivity index (χ1v) is 9.48. The monoisotopic (exact) mass is 384 g/mol. The maximum absolute atomic E-state index is 13.4. The second kappa shape index (κ2) is 6.78. The number of nitrogens with zero attached hydrogens (tertiary/aromatic N) is 1. The number of anilines is 1. The number of para-hydroxylation sites is 2. The van der Waals surface area contributed by atoms with Gasteiger partial charge in [-0.3, -0.25) is 14.6 Å². The smallest absolute Gasteiger partial charge is 0.180 e. The lowest BCUT2D eigenvalue weighted by Crippen LogP contribution is -2.28. The van der Waals surface area contributed by atoms with Crippen LogP contribution in [0.25, 0.3) is 0 Å². The molecule has 5 rings (SSSR count). The van der Waals surface area contributed by atoms with Crippen molar-refractivity contribution in [3.63, 3.8) is 0 Å². The maximum Gasteiger partial charge on any atom is 0.180 e. The minimum absolute atomic E-state index is 0.207. The highest BCUT2D eigenvalue weighted by molar-refractivity contribution is 6.36. The molecule has 3 aromatic carbocycles. The first-order chi connectivity index (χ1) is 14.1. The van der Waals surface area contributed by atoms with Gasteiger partial charge >= 0.3 is 0 Å². The zero-order valence-corrected chi connectivity index (χ0v) is 15.4. The van der Waals surface area contributed by atoms with Gasteiger partial charge in [0.15, 0.2) is 11.6 Å². The number of hydrogen-bond acceptors (Lipinski definition) is 4. The molecule has 142 valence electrons. The highest BCUT2D eigenvalue weighted by Gasteiger charge is 2.42. The van der Waals surface area contributed by atoms with E-state index in [0.29, 0.717) is 28.9 Å². The molecule has 0 spiro atoms. The van der Waals surface area contributed by atoms with Crippen molar-refractivity contribution in [1.29, 1.82) is 0 Å². The van der Waals surface area contributed by atoms with E-state index in [2.05, 4.69) is 5.32 Å². The Kier molecular flexibility index (Phi) is 4.09. The van der Waals surface area contributed by atoms with Crippen molar-refractivity contribution in [3.8, 4) is 0 Å². The molecule has 0 unspecified atom stereocenters. The number of hydrogen-bond donors (Lipinski definition) is 1. The molecular weight excluding hydrogens is 367 g/mol. The standard InChI is InChI=1S/C24H17FN2O2/c25-15-11-9-14(10-12-15)20-13-21(27-19-8-4-3-7-18(19)26-20)22-23(28)16-5-1-2-6-17(16)24(22)29/h1-12,20,22,26H,13H2/t20-/m0/s1. The number of rotatable bonds is 2. The van der Waals surface area contributed by atoms with Crippen molar-refractivity contribution >= 4 is 28.7 Å². The van der Waals surface area contributed by atoms with Gasteiger partial charge in [-0.25, -0.2) is 4.39 Å². The molecule has 4 nitrogen and oxygen atoms in total. The van der Waals surface area contributed by atoms with Gasteiger partial charge in [0.1, 0.15) is 11.7 Å². The average Bonchev–Trinajstić information content (AvgIpc) is 2.88. The third-order valence-corrected chi connectivity index (χ3v) is 5.50. The number of halogens is 1. The Labute approximate surface area is 167 Å². The van der Waals surface area contributed by atoms with Crippen molar-refractivity contribution < 1.29 is 14.0 Å². The summed E-state index contributed by atoms with van der Waals surface area (Å²) in [6.07, 6.45) is 0.371. The summed E-state index contributed by atoms with van der Waals surface area (Å²) in [4.78, 5) is 30.8. The van der Waals surface area contributed by atoms with Gasteiger partial charge < -0.3 is 5.32 Å². The number of ketones is 2. The number of Topliss-reactive ketones (excluding diaryl/α,β-unsaturated/α-hetero) is 2. The summed E-state index contributed by atoms with van der Waals surface area (Å²) in [5, 5.41) is 3.44. The molecule has 1 aliphatic carbocycles. The molecule has 0 radical (unpaired) electrons. The fourth-order valence-electron chi connectivity index (χ4n) is 4.07. The molecule has 1 heterocycles. The van der Waals surface area contributed by atoms with Gasteiger partial charge in [-0.15, -0.1) is 0 Å². The van der Waals surface area contributed by atoms with Crippen LogP contribution in [-0.4, -0.2) is 17.3 Å². The molecule has 0 saturated carbocycles. The first-order valence-electron chi connectivity index (χ1n) is 9.48. The number of aliphatic imine (C=N–C) groups is 1. The van der Waals surface area contributed by atoms with Crippen LogP contribution in [0.1, 0.15) is 38.7 Å². The Morgan fingerprint density at radius 3 is 2.14 bits per heavy atom. The van der Waals surface area contributed by atoms with Crippen LogP contribution in [-0.2, 0) is 0 Å². The lowest BCUT2D eigenvalue weighted by Gasteiger charge is -2.20. The Hall–Kier alpha value is -3.60. The van der Waals surface area contributed by atoms with E-state index in [0.717, 1.165) is 11.3 Å². The summed E-state index contributed by atoms with van der Waals surface area (Å²) in [6, 6.07) is 20.4. The molecule has 2 aliphatic rings. The number of benzene rings is 3. The van der Waals surface area contributed by atoms with Crippen LogP contribution >= 0.6 is 0 Å². The summed E-state index contributed by atoms with van der Waals surface area (Å²) >= 11 is 0. The van der Waals surface area contributed by atoms with Crippen LogP contribution in [0.5, 0.6) is 0 Å². The lowest BCUT2D eigenvalue weighted by atomic mass is 9.90. The van der Waals surface area contributed by atoms with E-state index in [1.807, 2.05) is 24.3 Å². The summed E-state index contributed by atoms with van der Waals surface area (Å²) in [5.74, 6) is -1.64. The molecule has 0 amide bonds. The van der Waals surface area contributed by atoms with Crippen LogP contribution in [0.4, 0.5) is 15.8 Å². The first kappa shape index (κ1) is 17.5. The van der Waals surface area contributed by atoms with Gasteiger partial charge in [0.25, 0.3) is 0 Å². The molecule has 29 heavy (non-hydrogen) atoms. The quantitative estimate of drug-likeness (QED) is 0.622. The van der Waals surface area contributed by atoms with Crippen LogP contribution in [0, 0.1) is 11.7 Å². The molecule has 0 bridgehead atoms. The maximum atomic E-state index is 13.4. The predicted molar refractivity (Wildman–Crippen MR) is 110 cm³/mol. The normalized spacial score (nSPS) is 18.5.